The van der Waals surface area contributed by atoms with Gasteiger partial charge in [-0.1, -0.05) is 19.1 Å². The number of carbonyl (C=O) groups is 1. The van der Waals surface area contributed by atoms with Gasteiger partial charge in [0.05, 0.1) is 5.92 Å². The third kappa shape index (κ3) is 4.32. The van der Waals surface area contributed by atoms with Gasteiger partial charge < -0.3 is 4.90 Å². The molecule has 1 aromatic carbocycles. The Hall–Kier alpha value is -0.830. The highest BCUT2D eigenvalue weighted by molar-refractivity contribution is 7.27. The van der Waals surface area contributed by atoms with Gasteiger partial charge >= 0.3 is 0 Å². The molecular formula is C16H24FN2OP. The van der Waals surface area contributed by atoms with Crippen LogP contribution in [0.1, 0.15) is 25.3 Å². The number of likely N-dealkylation sites (N-methyl/N-ethyl adjacent to an activating group) is 1. The van der Waals surface area contributed by atoms with Gasteiger partial charge in [-0.05, 0) is 25.1 Å². The van der Waals surface area contributed by atoms with E-state index in [9.17, 15) is 9.18 Å². The first-order valence-electron chi connectivity index (χ1n) is 7.51. The van der Waals surface area contributed by atoms with E-state index >= 15 is 0 Å². The van der Waals surface area contributed by atoms with Gasteiger partial charge in [-0.2, -0.15) is 0 Å². The van der Waals surface area contributed by atoms with Crippen molar-refractivity contribution in [1.29, 1.82) is 0 Å². The molecule has 0 bridgehead atoms. The highest BCUT2D eigenvalue weighted by Crippen LogP contribution is 2.20. The molecule has 1 aliphatic heterocycles. The predicted octanol–water partition coefficient (Wildman–Crippen LogP) is 1.64. The molecule has 1 fully saturated rings. The Morgan fingerprint density at radius 1 is 1.29 bits per heavy atom. The van der Waals surface area contributed by atoms with Gasteiger partial charge in [0, 0.05) is 38.0 Å². The third-order valence-electron chi connectivity index (χ3n) is 4.27. The zero-order chi connectivity index (χ0) is 15.4. The lowest BCUT2D eigenvalue weighted by Crippen LogP contribution is -2.47. The van der Waals surface area contributed by atoms with Crippen LogP contribution in [0.5, 0.6) is 0 Å². The topological polar surface area (TPSA) is 23.6 Å². The van der Waals surface area contributed by atoms with Crippen molar-refractivity contribution >= 4 is 20.3 Å². The minimum absolute atomic E-state index is 0.101. The van der Waals surface area contributed by atoms with Crippen molar-refractivity contribution in [2.24, 2.45) is 0 Å². The fourth-order valence-corrected chi connectivity index (χ4v) is 2.95. The molecule has 116 valence electrons. The van der Waals surface area contributed by atoms with Crippen molar-refractivity contribution in [3.8, 4) is 0 Å². The molecular weight excluding hydrogens is 286 g/mol. The predicted molar refractivity (Wildman–Crippen MR) is 87.7 cm³/mol. The lowest BCUT2D eigenvalue weighted by molar-refractivity contribution is -0.119. The number of piperazine rings is 1. The minimum atomic E-state index is -0.264. The number of halogens is 1. The summed E-state index contributed by atoms with van der Waals surface area (Å²) in [5, 5.41) is 0.539. The minimum Gasteiger partial charge on any atom is -0.301 e. The van der Waals surface area contributed by atoms with E-state index in [0.29, 0.717) is 11.8 Å². The maximum Gasteiger partial charge on any atom is 0.138 e. The molecule has 0 radical (unpaired) electrons. The number of benzene rings is 1. The van der Waals surface area contributed by atoms with E-state index in [2.05, 4.69) is 26.0 Å². The molecule has 0 aromatic heterocycles. The zero-order valence-corrected chi connectivity index (χ0v) is 14.0. The highest BCUT2D eigenvalue weighted by atomic mass is 31.0. The van der Waals surface area contributed by atoms with Crippen LogP contribution in [0.3, 0.4) is 0 Å². The number of hydrogen-bond donors (Lipinski definition) is 0. The van der Waals surface area contributed by atoms with Crippen molar-refractivity contribution in [3.63, 3.8) is 0 Å². The standard InChI is InChI=1S/C16H24FN2OP/c1-3-18-6-8-19(9-7-18)11-14(12(2)20)13-4-5-16(21)15(17)10-13/h4-5,10,14H,3,6-9,11,21H2,1-2H3. The maximum atomic E-state index is 13.7. The van der Waals surface area contributed by atoms with E-state index in [1.54, 1.807) is 13.0 Å². The second-order valence-electron chi connectivity index (χ2n) is 5.68. The van der Waals surface area contributed by atoms with Crippen molar-refractivity contribution < 1.29 is 9.18 Å². The quantitative estimate of drug-likeness (QED) is 0.773. The van der Waals surface area contributed by atoms with Crippen LogP contribution >= 0.6 is 9.24 Å². The first-order valence-corrected chi connectivity index (χ1v) is 8.09. The molecule has 1 aliphatic rings. The number of Topliss-reactive ketones (excluding diaryl/α,β-unsaturated/α-hetero) is 1. The second-order valence-corrected chi connectivity index (χ2v) is 6.30. The zero-order valence-electron chi connectivity index (χ0n) is 12.8. The van der Waals surface area contributed by atoms with E-state index in [0.717, 1.165) is 38.3 Å². The number of hydrogen-bond acceptors (Lipinski definition) is 3. The molecule has 5 heteroatoms. The summed E-state index contributed by atoms with van der Waals surface area (Å²) in [6, 6.07) is 5.08. The van der Waals surface area contributed by atoms with E-state index < -0.39 is 0 Å². The van der Waals surface area contributed by atoms with E-state index in [4.69, 9.17) is 0 Å². The van der Waals surface area contributed by atoms with Crippen molar-refractivity contribution in [2.45, 2.75) is 19.8 Å². The number of rotatable bonds is 5. The Morgan fingerprint density at radius 3 is 2.43 bits per heavy atom. The van der Waals surface area contributed by atoms with Gasteiger partial charge in [0.15, 0.2) is 0 Å². The Balaban J connectivity index is 2.06. The van der Waals surface area contributed by atoms with Crippen molar-refractivity contribution in [2.75, 3.05) is 39.3 Å². The van der Waals surface area contributed by atoms with E-state index in [1.807, 2.05) is 6.07 Å². The molecule has 2 atom stereocenters. The Labute approximate surface area is 128 Å². The van der Waals surface area contributed by atoms with Gasteiger partial charge in [0.25, 0.3) is 0 Å². The molecule has 1 heterocycles. The van der Waals surface area contributed by atoms with Gasteiger partial charge in [-0.25, -0.2) is 4.39 Å². The molecule has 2 rings (SSSR count). The normalized spacial score (nSPS) is 18.7. The number of carbonyl (C=O) groups excluding carboxylic acids is 1. The maximum absolute atomic E-state index is 13.7. The van der Waals surface area contributed by atoms with Crippen LogP contribution in [0, 0.1) is 5.82 Å². The molecule has 0 saturated carbocycles. The van der Waals surface area contributed by atoms with E-state index in [1.165, 1.54) is 6.07 Å². The van der Waals surface area contributed by atoms with Crippen LogP contribution in [-0.2, 0) is 4.79 Å². The summed E-state index contributed by atoms with van der Waals surface area (Å²) < 4.78 is 13.7. The highest BCUT2D eigenvalue weighted by Gasteiger charge is 2.23. The first kappa shape index (κ1) is 16.5. The molecule has 3 nitrogen and oxygen atoms in total. The largest absolute Gasteiger partial charge is 0.301 e. The molecule has 1 aromatic rings. The van der Waals surface area contributed by atoms with Crippen LogP contribution in [-0.4, -0.2) is 54.9 Å². The Bertz CT molecular complexity index is 501. The van der Waals surface area contributed by atoms with Crippen LogP contribution in [0.15, 0.2) is 18.2 Å². The monoisotopic (exact) mass is 310 g/mol. The van der Waals surface area contributed by atoms with Crippen LogP contribution in [0.4, 0.5) is 4.39 Å². The fourth-order valence-electron chi connectivity index (χ4n) is 2.78. The Kier molecular flexibility index (Phi) is 5.86. The SMILES string of the molecule is CCN1CCN(CC(C(C)=O)c2ccc(P)c(F)c2)CC1. The molecule has 0 amide bonds. The molecule has 0 aliphatic carbocycles. The molecule has 1 saturated heterocycles. The molecule has 0 N–H and O–H groups in total. The smallest absolute Gasteiger partial charge is 0.138 e. The average Bonchev–Trinajstić information content (AvgIpc) is 2.48. The summed E-state index contributed by atoms with van der Waals surface area (Å²) in [5.74, 6) is -0.401. The van der Waals surface area contributed by atoms with Crippen molar-refractivity contribution in [1.82, 2.24) is 9.80 Å². The summed E-state index contributed by atoms with van der Waals surface area (Å²) >= 11 is 0. The summed E-state index contributed by atoms with van der Waals surface area (Å²) in [6.45, 7) is 9.55. The third-order valence-corrected chi connectivity index (χ3v) is 4.74. The molecule has 2 unspecified atom stereocenters. The average molecular weight is 310 g/mol. The van der Waals surface area contributed by atoms with E-state index in [-0.39, 0.29) is 17.5 Å². The summed E-state index contributed by atoms with van der Waals surface area (Å²) in [5.41, 5.74) is 0.782. The van der Waals surface area contributed by atoms with Gasteiger partial charge in [0.2, 0.25) is 0 Å². The van der Waals surface area contributed by atoms with Gasteiger partial charge in [-0.3, -0.25) is 9.69 Å². The Morgan fingerprint density at radius 2 is 1.90 bits per heavy atom. The molecule has 21 heavy (non-hydrogen) atoms. The van der Waals surface area contributed by atoms with Crippen LogP contribution < -0.4 is 5.30 Å². The summed E-state index contributed by atoms with van der Waals surface area (Å²) in [7, 11) is 2.37. The lowest BCUT2D eigenvalue weighted by atomic mass is 9.94. The fraction of sp³-hybridized carbons (Fsp3) is 0.562. The van der Waals surface area contributed by atoms with Crippen molar-refractivity contribution in [3.05, 3.63) is 29.6 Å². The number of ketones is 1. The molecule has 0 spiro atoms. The number of nitrogens with zero attached hydrogens (tertiary/aromatic N) is 2. The lowest BCUT2D eigenvalue weighted by Gasteiger charge is -2.35. The summed E-state index contributed by atoms with van der Waals surface area (Å²) in [4.78, 5) is 16.7. The summed E-state index contributed by atoms with van der Waals surface area (Å²) in [6.07, 6.45) is 0. The van der Waals surface area contributed by atoms with Gasteiger partial charge in [-0.15, -0.1) is 9.24 Å². The second kappa shape index (κ2) is 7.44. The van der Waals surface area contributed by atoms with Crippen LogP contribution in [0.25, 0.3) is 0 Å². The van der Waals surface area contributed by atoms with Gasteiger partial charge in [0.1, 0.15) is 11.6 Å². The van der Waals surface area contributed by atoms with Crippen LogP contribution in [0.2, 0.25) is 0 Å². The first-order chi connectivity index (χ1) is 10.0.